The molecule has 0 unspecified atom stereocenters. The van der Waals surface area contributed by atoms with Crippen LogP contribution in [0.3, 0.4) is 0 Å². The summed E-state index contributed by atoms with van der Waals surface area (Å²) in [5.74, 6) is 0. The third-order valence-corrected chi connectivity index (χ3v) is 1.57. The van der Waals surface area contributed by atoms with E-state index in [-0.39, 0.29) is 15.9 Å². The first-order valence-electron chi connectivity index (χ1n) is 4.66. The molecule has 0 radical (unpaired) electrons. The molecule has 0 N–H and O–H groups in total. The van der Waals surface area contributed by atoms with Gasteiger partial charge in [0.25, 0.3) is 0 Å². The first-order valence-corrected chi connectivity index (χ1v) is 8.66. The SMILES string of the molecule is C1COCC[N-]1.C1COCC[N-]1.[Cl][Pd][Cl]. The maximum atomic E-state index is 4.98. The summed E-state index contributed by atoms with van der Waals surface area (Å²) in [7, 11) is 9.63. The Bertz CT molecular complexity index is 81.8. The van der Waals surface area contributed by atoms with Crippen molar-refractivity contribution in [2.45, 2.75) is 0 Å². The van der Waals surface area contributed by atoms with Crippen LogP contribution in [0.15, 0.2) is 0 Å². The van der Waals surface area contributed by atoms with Crippen molar-refractivity contribution in [1.82, 2.24) is 0 Å². The van der Waals surface area contributed by atoms with Crippen LogP contribution in [0.1, 0.15) is 0 Å². The first kappa shape index (κ1) is 16.1. The quantitative estimate of drug-likeness (QED) is 0.629. The van der Waals surface area contributed by atoms with Crippen LogP contribution in [0.2, 0.25) is 0 Å². The van der Waals surface area contributed by atoms with Gasteiger partial charge >= 0.3 is 35.0 Å². The zero-order valence-electron chi connectivity index (χ0n) is 8.44. The Hall–Kier alpha value is 1.08. The second-order valence-corrected chi connectivity index (χ2v) is 4.97. The van der Waals surface area contributed by atoms with E-state index < -0.39 is 0 Å². The van der Waals surface area contributed by atoms with Gasteiger partial charge in [-0.25, -0.2) is 0 Å². The molecule has 2 rings (SSSR count). The predicted octanol–water partition coefficient (Wildman–Crippen LogP) is 2.16. The minimum absolute atomic E-state index is 0.106. The van der Waals surface area contributed by atoms with Gasteiger partial charge in [-0.05, 0) is 0 Å². The Morgan fingerprint density at radius 1 is 0.733 bits per heavy atom. The van der Waals surface area contributed by atoms with Crippen LogP contribution < -0.4 is 0 Å². The molecule has 15 heavy (non-hydrogen) atoms. The fourth-order valence-corrected chi connectivity index (χ4v) is 0.944. The zero-order chi connectivity index (χ0) is 11.2. The molecule has 7 heteroatoms. The first-order chi connectivity index (χ1) is 7.41. The van der Waals surface area contributed by atoms with Gasteiger partial charge in [-0.1, -0.05) is 0 Å². The monoisotopic (exact) mass is 348 g/mol. The fraction of sp³-hybridized carbons (Fsp3) is 1.00. The number of halogens is 2. The van der Waals surface area contributed by atoms with Crippen LogP contribution in [0.25, 0.3) is 10.6 Å². The summed E-state index contributed by atoms with van der Waals surface area (Å²) < 4.78 is 9.95. The number of rotatable bonds is 0. The average molecular weight is 350 g/mol. The molecule has 2 saturated heterocycles. The van der Waals surface area contributed by atoms with E-state index in [0.717, 1.165) is 52.6 Å². The third-order valence-electron chi connectivity index (χ3n) is 1.57. The van der Waals surface area contributed by atoms with E-state index >= 15 is 0 Å². The molecule has 2 fully saturated rings. The molecule has 0 saturated carbocycles. The molecule has 0 spiro atoms. The van der Waals surface area contributed by atoms with Gasteiger partial charge in [-0.3, -0.25) is 0 Å². The molecular formula is C8H16Cl2N2O2Pd-2. The van der Waals surface area contributed by atoms with Crippen molar-refractivity contribution in [3.63, 3.8) is 0 Å². The van der Waals surface area contributed by atoms with Crippen molar-refractivity contribution < 1.29 is 25.4 Å². The molecule has 0 atom stereocenters. The summed E-state index contributed by atoms with van der Waals surface area (Å²) in [4.78, 5) is 0. The molecule has 0 aromatic heterocycles. The standard InChI is InChI=1S/2C4H8NO.2ClH.Pd/c2*1-3-6-4-2-5-1;;;/h2*1-4H2;2*1H;/q2*-1;;;+2/p-2. The van der Waals surface area contributed by atoms with Crippen molar-refractivity contribution in [3.05, 3.63) is 10.6 Å². The number of hydrogen-bond donors (Lipinski definition) is 0. The van der Waals surface area contributed by atoms with Crippen LogP contribution in [0.4, 0.5) is 0 Å². The Balaban J connectivity index is 0.000000210. The van der Waals surface area contributed by atoms with E-state index in [2.05, 4.69) is 10.6 Å². The zero-order valence-corrected chi connectivity index (χ0v) is 11.5. The molecule has 2 aliphatic heterocycles. The molecule has 0 aromatic rings. The molecule has 4 nitrogen and oxygen atoms in total. The van der Waals surface area contributed by atoms with Crippen molar-refractivity contribution in [2.24, 2.45) is 0 Å². The molecule has 96 valence electrons. The number of ether oxygens (including phenoxy) is 2. The molecule has 0 bridgehead atoms. The summed E-state index contributed by atoms with van der Waals surface area (Å²) in [6.45, 7) is 6.94. The third kappa shape index (κ3) is 15.1. The molecule has 0 aliphatic carbocycles. The van der Waals surface area contributed by atoms with Crippen LogP contribution in [-0.2, 0) is 25.4 Å². The van der Waals surface area contributed by atoms with Gasteiger partial charge in [0.1, 0.15) is 0 Å². The van der Waals surface area contributed by atoms with Gasteiger partial charge in [0.05, 0.1) is 0 Å². The minimum atomic E-state index is -0.106. The molecule has 2 heterocycles. The van der Waals surface area contributed by atoms with Gasteiger partial charge in [0.2, 0.25) is 0 Å². The Morgan fingerprint density at radius 2 is 1.00 bits per heavy atom. The van der Waals surface area contributed by atoms with Gasteiger partial charge in [0.15, 0.2) is 0 Å². The average Bonchev–Trinajstić information content (AvgIpc) is 2.35. The number of nitrogens with zero attached hydrogens (tertiary/aromatic N) is 2. The van der Waals surface area contributed by atoms with Gasteiger partial charge in [0, 0.05) is 26.4 Å². The summed E-state index contributed by atoms with van der Waals surface area (Å²) in [6, 6.07) is 0. The van der Waals surface area contributed by atoms with Gasteiger partial charge < -0.3 is 20.1 Å². The summed E-state index contributed by atoms with van der Waals surface area (Å²) >= 11 is -0.106. The van der Waals surface area contributed by atoms with Crippen molar-refractivity contribution >= 4 is 19.1 Å². The maximum absolute atomic E-state index is 4.98. The van der Waals surface area contributed by atoms with Crippen LogP contribution >= 0.6 is 19.1 Å². The Morgan fingerprint density at radius 3 is 1.07 bits per heavy atom. The van der Waals surface area contributed by atoms with E-state index in [1.54, 1.807) is 0 Å². The Kier molecular flexibility index (Phi) is 16.2. The normalized spacial score (nSPS) is 20.7. The van der Waals surface area contributed by atoms with Crippen molar-refractivity contribution in [3.8, 4) is 0 Å². The van der Waals surface area contributed by atoms with E-state index in [0.29, 0.717) is 0 Å². The van der Waals surface area contributed by atoms with Crippen molar-refractivity contribution in [2.75, 3.05) is 52.6 Å². The topological polar surface area (TPSA) is 46.7 Å². The fourth-order valence-electron chi connectivity index (χ4n) is 0.944. The molecular weight excluding hydrogens is 333 g/mol. The van der Waals surface area contributed by atoms with E-state index in [4.69, 9.17) is 28.5 Å². The number of hydrogen-bond acceptors (Lipinski definition) is 2. The second kappa shape index (κ2) is 15.1. The van der Waals surface area contributed by atoms with Crippen LogP contribution in [0.5, 0.6) is 0 Å². The van der Waals surface area contributed by atoms with E-state index in [1.807, 2.05) is 0 Å². The molecule has 2 aliphatic rings. The van der Waals surface area contributed by atoms with Crippen LogP contribution in [0, 0.1) is 0 Å². The summed E-state index contributed by atoms with van der Waals surface area (Å²) in [6.07, 6.45) is 0. The summed E-state index contributed by atoms with van der Waals surface area (Å²) in [5, 5.41) is 8.10. The van der Waals surface area contributed by atoms with Crippen molar-refractivity contribution in [1.29, 1.82) is 0 Å². The van der Waals surface area contributed by atoms with Gasteiger partial charge in [-0.2, -0.15) is 0 Å². The van der Waals surface area contributed by atoms with Crippen LogP contribution in [-0.4, -0.2) is 52.6 Å². The number of morpholine rings is 2. The van der Waals surface area contributed by atoms with Gasteiger partial charge in [-0.15, -0.1) is 26.2 Å². The second-order valence-electron chi connectivity index (χ2n) is 2.61. The molecule has 0 aromatic carbocycles. The molecule has 0 amide bonds. The Labute approximate surface area is 107 Å². The summed E-state index contributed by atoms with van der Waals surface area (Å²) in [5.41, 5.74) is 0. The van der Waals surface area contributed by atoms with E-state index in [9.17, 15) is 0 Å². The van der Waals surface area contributed by atoms with E-state index in [1.165, 1.54) is 0 Å². The predicted molar refractivity (Wildman–Crippen MR) is 59.5 cm³/mol.